The van der Waals surface area contributed by atoms with Gasteiger partial charge in [-0.25, -0.2) is 9.18 Å². The van der Waals surface area contributed by atoms with E-state index in [1.54, 1.807) is 0 Å². The van der Waals surface area contributed by atoms with Gasteiger partial charge in [0.2, 0.25) is 5.91 Å². The molecular weight excluding hydrogens is 381 g/mol. The van der Waals surface area contributed by atoms with Crippen LogP contribution in [-0.4, -0.2) is 54.7 Å². The number of halogens is 2. The van der Waals surface area contributed by atoms with Crippen molar-refractivity contribution in [1.29, 1.82) is 0 Å². The second-order valence-electron chi connectivity index (χ2n) is 5.93. The molecule has 0 bridgehead atoms. The van der Waals surface area contributed by atoms with Gasteiger partial charge in [-0.2, -0.15) is 0 Å². The average Bonchev–Trinajstić information content (AvgIpc) is 2.64. The van der Waals surface area contributed by atoms with Gasteiger partial charge in [0.25, 0.3) is 5.91 Å². The van der Waals surface area contributed by atoms with Crippen molar-refractivity contribution in [3.8, 4) is 0 Å². The second-order valence-corrected chi connectivity index (χ2v) is 6.33. The lowest BCUT2D eigenvalue weighted by atomic mass is 9.92. The predicted molar refractivity (Wildman–Crippen MR) is 92.2 cm³/mol. The van der Waals surface area contributed by atoms with Gasteiger partial charge in [0.15, 0.2) is 5.78 Å². The van der Waals surface area contributed by atoms with Crippen LogP contribution in [-0.2, 0) is 23.9 Å². The Kier molecular flexibility index (Phi) is 5.13. The highest BCUT2D eigenvalue weighted by atomic mass is 35.5. The van der Waals surface area contributed by atoms with Crippen molar-refractivity contribution in [3.05, 3.63) is 40.3 Å². The molecule has 27 heavy (non-hydrogen) atoms. The van der Waals surface area contributed by atoms with Gasteiger partial charge >= 0.3 is 5.97 Å². The van der Waals surface area contributed by atoms with Gasteiger partial charge in [0.05, 0.1) is 12.1 Å². The number of carbonyl (C=O) groups excluding carboxylic acids is 4. The Bertz CT molecular complexity index is 885. The summed E-state index contributed by atoms with van der Waals surface area (Å²) in [6.45, 7) is 0.480. The minimum absolute atomic E-state index is 0.168. The van der Waals surface area contributed by atoms with E-state index in [-0.39, 0.29) is 41.5 Å². The van der Waals surface area contributed by atoms with E-state index in [0.29, 0.717) is 0 Å². The molecule has 1 fully saturated rings. The zero-order chi connectivity index (χ0) is 19.7. The number of fused-ring (bicyclic) bond motifs is 1. The molecule has 3 rings (SSSR count). The molecule has 0 unspecified atom stereocenters. The van der Waals surface area contributed by atoms with Gasteiger partial charge in [-0.1, -0.05) is 11.6 Å². The summed E-state index contributed by atoms with van der Waals surface area (Å²) >= 11 is 5.70. The van der Waals surface area contributed by atoms with Crippen molar-refractivity contribution in [2.24, 2.45) is 0 Å². The molecule has 142 valence electrons. The summed E-state index contributed by atoms with van der Waals surface area (Å²) in [5, 5.41) is 4.93. The minimum Gasteiger partial charge on any atom is -0.465 e. The number of hydrogen-bond acceptors (Lipinski definition) is 6. The summed E-state index contributed by atoms with van der Waals surface area (Å²) in [5.74, 6) is -3.44. The quantitative estimate of drug-likeness (QED) is 0.574. The van der Waals surface area contributed by atoms with Gasteiger partial charge in [0.1, 0.15) is 23.1 Å². The van der Waals surface area contributed by atoms with Crippen LogP contribution < -0.4 is 10.6 Å². The number of nitrogens with one attached hydrogen (secondary N) is 2. The summed E-state index contributed by atoms with van der Waals surface area (Å²) in [4.78, 5) is 50.8. The van der Waals surface area contributed by atoms with Crippen molar-refractivity contribution in [2.45, 2.75) is 12.5 Å². The van der Waals surface area contributed by atoms with Crippen molar-refractivity contribution in [1.82, 2.24) is 10.2 Å². The molecule has 2 heterocycles. The van der Waals surface area contributed by atoms with E-state index >= 15 is 0 Å². The smallest absolute Gasteiger partial charge is 0.343 e. The second kappa shape index (κ2) is 7.36. The number of carbonyl (C=O) groups is 4. The Morgan fingerprint density at radius 3 is 2.78 bits per heavy atom. The summed E-state index contributed by atoms with van der Waals surface area (Å²) in [6, 6.07) is 2.65. The average molecular weight is 396 g/mol. The van der Waals surface area contributed by atoms with E-state index in [1.165, 1.54) is 17.0 Å². The Balaban J connectivity index is 1.92. The van der Waals surface area contributed by atoms with Crippen LogP contribution in [0, 0.1) is 5.82 Å². The molecule has 0 saturated carbocycles. The van der Waals surface area contributed by atoms with Gasteiger partial charge in [0, 0.05) is 25.2 Å². The molecule has 2 aliphatic rings. The summed E-state index contributed by atoms with van der Waals surface area (Å²) in [6.07, 6.45) is -0.304. The van der Waals surface area contributed by atoms with Crippen LogP contribution in [0.1, 0.15) is 6.42 Å². The number of rotatable bonds is 3. The number of nitrogens with zero attached hydrogens (tertiary/aromatic N) is 1. The first-order valence-electron chi connectivity index (χ1n) is 8.00. The lowest BCUT2D eigenvalue weighted by molar-refractivity contribution is -0.141. The lowest BCUT2D eigenvalue weighted by Crippen LogP contribution is -2.57. The third-order valence-corrected chi connectivity index (χ3v) is 4.58. The van der Waals surface area contributed by atoms with Crippen LogP contribution >= 0.6 is 11.6 Å². The highest BCUT2D eigenvalue weighted by Gasteiger charge is 2.44. The van der Waals surface area contributed by atoms with Crippen LogP contribution in [0.25, 0.3) is 0 Å². The fraction of sp³-hybridized carbons (Fsp3) is 0.294. The van der Waals surface area contributed by atoms with Gasteiger partial charge in [-0.05, 0) is 18.2 Å². The third kappa shape index (κ3) is 3.50. The number of methoxy groups -OCH3 is 1. The number of hydrogen-bond donors (Lipinski definition) is 2. The molecule has 0 aromatic heterocycles. The number of esters is 1. The molecule has 2 N–H and O–H groups in total. The maximum Gasteiger partial charge on any atom is 0.343 e. The molecule has 1 atom stereocenters. The fourth-order valence-electron chi connectivity index (χ4n) is 3.05. The van der Waals surface area contributed by atoms with Crippen LogP contribution in [0.2, 0.25) is 5.02 Å². The molecule has 2 amide bonds. The minimum atomic E-state index is -1.00. The SMILES string of the molecule is COC(=O)C1=C2C(=O)NCCN2[C@@H](C(=O)Nc2ccc(F)c(Cl)c2)CC1=O. The largest absolute Gasteiger partial charge is 0.465 e. The van der Waals surface area contributed by atoms with Crippen LogP contribution in [0.15, 0.2) is 29.5 Å². The monoisotopic (exact) mass is 395 g/mol. The molecule has 10 heteroatoms. The molecular formula is C17H15ClFN3O5. The van der Waals surface area contributed by atoms with Crippen molar-refractivity contribution in [3.63, 3.8) is 0 Å². The van der Waals surface area contributed by atoms with E-state index in [2.05, 4.69) is 15.4 Å². The first-order chi connectivity index (χ1) is 12.8. The number of ether oxygens (including phenoxy) is 1. The van der Waals surface area contributed by atoms with Crippen molar-refractivity contribution < 1.29 is 28.3 Å². The zero-order valence-electron chi connectivity index (χ0n) is 14.2. The van der Waals surface area contributed by atoms with Gasteiger partial charge in [-0.3, -0.25) is 14.4 Å². The number of piperazine rings is 1. The number of Topliss-reactive ketones (excluding diaryl/α,β-unsaturated/α-hetero) is 1. The third-order valence-electron chi connectivity index (χ3n) is 4.29. The van der Waals surface area contributed by atoms with Crippen molar-refractivity contribution >= 4 is 40.9 Å². The maximum absolute atomic E-state index is 13.3. The zero-order valence-corrected chi connectivity index (χ0v) is 14.9. The molecule has 2 aliphatic heterocycles. The molecule has 0 radical (unpaired) electrons. The summed E-state index contributed by atoms with van der Waals surface area (Å²) in [5.41, 5.74) is -0.310. The van der Waals surface area contributed by atoms with E-state index in [9.17, 15) is 23.6 Å². The van der Waals surface area contributed by atoms with Crippen LogP contribution in [0.4, 0.5) is 10.1 Å². The summed E-state index contributed by atoms with van der Waals surface area (Å²) < 4.78 is 17.9. The standard InChI is InChI=1S/C17H15ClFN3O5/c1-27-17(26)13-12(23)7-11(22-5-4-20-16(25)14(13)22)15(24)21-8-2-3-10(19)9(18)6-8/h2-3,6,11H,4-5,7H2,1H3,(H,20,25)(H,21,24)/t11-/m1/s1. The molecule has 8 nitrogen and oxygen atoms in total. The normalized spacial score (nSPS) is 19.4. The Labute approximate surface area is 158 Å². The molecule has 1 aromatic carbocycles. The number of anilines is 1. The predicted octanol–water partition coefficient (Wildman–Crippen LogP) is 0.618. The van der Waals surface area contributed by atoms with Crippen LogP contribution in [0.5, 0.6) is 0 Å². The Hall–Kier alpha value is -2.94. The Morgan fingerprint density at radius 2 is 2.11 bits per heavy atom. The van der Waals surface area contributed by atoms with Crippen LogP contribution in [0.3, 0.4) is 0 Å². The number of benzene rings is 1. The van der Waals surface area contributed by atoms with E-state index in [1.807, 2.05) is 0 Å². The first-order valence-corrected chi connectivity index (χ1v) is 8.37. The highest BCUT2D eigenvalue weighted by Crippen LogP contribution is 2.28. The molecule has 1 saturated heterocycles. The number of amides is 2. The van der Waals surface area contributed by atoms with E-state index in [0.717, 1.165) is 13.2 Å². The topological polar surface area (TPSA) is 105 Å². The highest BCUT2D eigenvalue weighted by molar-refractivity contribution is 6.31. The first kappa shape index (κ1) is 18.8. The van der Waals surface area contributed by atoms with Gasteiger partial charge in [-0.15, -0.1) is 0 Å². The lowest BCUT2D eigenvalue weighted by Gasteiger charge is -2.40. The van der Waals surface area contributed by atoms with E-state index < -0.39 is 35.4 Å². The fourth-order valence-corrected chi connectivity index (χ4v) is 3.23. The van der Waals surface area contributed by atoms with Gasteiger partial charge < -0.3 is 20.3 Å². The van der Waals surface area contributed by atoms with E-state index in [4.69, 9.17) is 11.6 Å². The molecule has 0 spiro atoms. The van der Waals surface area contributed by atoms with Crippen molar-refractivity contribution in [2.75, 3.05) is 25.5 Å². The molecule has 1 aromatic rings. The molecule has 0 aliphatic carbocycles. The number of ketones is 1. The Morgan fingerprint density at radius 1 is 1.37 bits per heavy atom. The summed E-state index contributed by atoms with van der Waals surface area (Å²) in [7, 11) is 1.10. The maximum atomic E-state index is 13.3.